The molecule has 1 saturated heterocycles. The number of hydrogen-bond donors (Lipinski definition) is 2. The highest BCUT2D eigenvalue weighted by Gasteiger charge is 2.27. The van der Waals surface area contributed by atoms with Crippen molar-refractivity contribution in [3.8, 4) is 0 Å². The molecule has 0 unspecified atom stereocenters. The molecule has 1 heterocycles. The third kappa shape index (κ3) is 6.00. The molecule has 0 spiro atoms. The number of methoxy groups -OCH3 is 1. The molecule has 0 aromatic rings. The molecule has 100 valence electrons. The third-order valence-corrected chi connectivity index (χ3v) is 3.15. The van der Waals surface area contributed by atoms with Crippen LogP contribution in [0.4, 0.5) is 0 Å². The Morgan fingerprint density at radius 2 is 2.12 bits per heavy atom. The van der Waals surface area contributed by atoms with E-state index in [4.69, 9.17) is 4.74 Å². The number of aliphatic hydroxyl groups is 1. The van der Waals surface area contributed by atoms with Gasteiger partial charge in [-0.15, -0.1) is 0 Å². The number of nitrogens with one attached hydrogen (secondary N) is 1. The van der Waals surface area contributed by atoms with Crippen LogP contribution in [0.25, 0.3) is 0 Å². The quantitative estimate of drug-likeness (QED) is 0.645. The van der Waals surface area contributed by atoms with Crippen molar-refractivity contribution >= 4 is 5.91 Å². The third-order valence-electron chi connectivity index (χ3n) is 3.15. The van der Waals surface area contributed by atoms with Crippen molar-refractivity contribution in [3.05, 3.63) is 0 Å². The number of ether oxygens (including phenoxy) is 1. The van der Waals surface area contributed by atoms with Gasteiger partial charge in [-0.1, -0.05) is 0 Å². The highest BCUT2D eigenvalue weighted by molar-refractivity contribution is 5.77. The van der Waals surface area contributed by atoms with Gasteiger partial charge in [0.05, 0.1) is 12.1 Å². The van der Waals surface area contributed by atoms with Crippen LogP contribution in [-0.2, 0) is 9.53 Å². The predicted molar refractivity (Wildman–Crippen MR) is 65.8 cm³/mol. The minimum Gasteiger partial charge on any atom is -0.390 e. The smallest absolute Gasteiger partial charge is 0.234 e. The molecule has 17 heavy (non-hydrogen) atoms. The molecule has 0 aromatic carbocycles. The largest absolute Gasteiger partial charge is 0.390 e. The SMILES string of the molecule is COCCCNC(=O)CN1CCC(C)(O)CC1. The van der Waals surface area contributed by atoms with E-state index < -0.39 is 5.60 Å². The molecule has 1 amide bonds. The number of amides is 1. The first-order valence-electron chi connectivity index (χ1n) is 6.24. The lowest BCUT2D eigenvalue weighted by molar-refractivity contribution is -0.123. The van der Waals surface area contributed by atoms with Gasteiger partial charge in [0.15, 0.2) is 0 Å². The number of piperidine rings is 1. The van der Waals surface area contributed by atoms with Gasteiger partial charge >= 0.3 is 0 Å². The maximum Gasteiger partial charge on any atom is 0.234 e. The van der Waals surface area contributed by atoms with E-state index in [1.54, 1.807) is 7.11 Å². The van der Waals surface area contributed by atoms with E-state index in [2.05, 4.69) is 10.2 Å². The Morgan fingerprint density at radius 1 is 1.47 bits per heavy atom. The molecule has 0 bridgehead atoms. The van der Waals surface area contributed by atoms with Gasteiger partial charge in [-0.25, -0.2) is 0 Å². The average Bonchev–Trinajstić information content (AvgIpc) is 2.28. The molecule has 1 aliphatic heterocycles. The summed E-state index contributed by atoms with van der Waals surface area (Å²) < 4.78 is 4.91. The number of rotatable bonds is 6. The van der Waals surface area contributed by atoms with Gasteiger partial charge in [-0.3, -0.25) is 9.69 Å². The van der Waals surface area contributed by atoms with Crippen LogP contribution in [0.2, 0.25) is 0 Å². The van der Waals surface area contributed by atoms with Crippen LogP contribution < -0.4 is 5.32 Å². The maximum absolute atomic E-state index is 11.6. The fraction of sp³-hybridized carbons (Fsp3) is 0.917. The predicted octanol–water partition coefficient (Wildman–Crippen LogP) is -0.0141. The van der Waals surface area contributed by atoms with Gasteiger partial charge in [0.1, 0.15) is 0 Å². The molecule has 1 rings (SSSR count). The second kappa shape index (κ2) is 6.93. The molecule has 1 aliphatic rings. The zero-order chi connectivity index (χ0) is 12.7. The summed E-state index contributed by atoms with van der Waals surface area (Å²) in [6, 6.07) is 0. The summed E-state index contributed by atoms with van der Waals surface area (Å²) in [5.74, 6) is 0.0580. The Bertz CT molecular complexity index is 234. The highest BCUT2D eigenvalue weighted by atomic mass is 16.5. The number of hydrogen-bond acceptors (Lipinski definition) is 4. The van der Waals surface area contributed by atoms with Crippen LogP contribution in [-0.4, -0.2) is 61.4 Å². The van der Waals surface area contributed by atoms with Crippen molar-refractivity contribution in [2.45, 2.75) is 31.8 Å². The first kappa shape index (κ1) is 14.4. The topological polar surface area (TPSA) is 61.8 Å². The van der Waals surface area contributed by atoms with Gasteiger partial charge < -0.3 is 15.2 Å². The Morgan fingerprint density at radius 3 is 2.71 bits per heavy atom. The minimum atomic E-state index is -0.550. The van der Waals surface area contributed by atoms with Crippen LogP contribution in [0.5, 0.6) is 0 Å². The Kier molecular flexibility index (Phi) is 5.88. The second-order valence-electron chi connectivity index (χ2n) is 4.97. The van der Waals surface area contributed by atoms with E-state index in [0.717, 1.165) is 32.4 Å². The summed E-state index contributed by atoms with van der Waals surface area (Å²) in [5.41, 5.74) is -0.550. The maximum atomic E-state index is 11.6. The second-order valence-corrected chi connectivity index (χ2v) is 4.97. The first-order valence-corrected chi connectivity index (χ1v) is 6.24. The first-order chi connectivity index (χ1) is 8.03. The number of nitrogens with zero attached hydrogens (tertiary/aromatic N) is 1. The summed E-state index contributed by atoms with van der Waals surface area (Å²) in [6.07, 6.45) is 2.32. The lowest BCUT2D eigenvalue weighted by Crippen LogP contribution is -2.46. The fourth-order valence-corrected chi connectivity index (χ4v) is 1.90. The molecular formula is C12H24N2O3. The summed E-state index contributed by atoms with van der Waals surface area (Å²) in [4.78, 5) is 13.7. The molecule has 0 radical (unpaired) electrons. The highest BCUT2D eigenvalue weighted by Crippen LogP contribution is 2.20. The van der Waals surface area contributed by atoms with E-state index >= 15 is 0 Å². The van der Waals surface area contributed by atoms with Gasteiger partial charge in [-0.2, -0.15) is 0 Å². The monoisotopic (exact) mass is 244 g/mol. The van der Waals surface area contributed by atoms with Crippen LogP contribution in [0.3, 0.4) is 0 Å². The van der Waals surface area contributed by atoms with Crippen LogP contribution >= 0.6 is 0 Å². The fourth-order valence-electron chi connectivity index (χ4n) is 1.90. The molecule has 5 nitrogen and oxygen atoms in total. The number of carbonyl (C=O) groups excluding carboxylic acids is 1. The zero-order valence-electron chi connectivity index (χ0n) is 10.9. The van der Waals surface area contributed by atoms with Gasteiger partial charge in [0.2, 0.25) is 5.91 Å². The van der Waals surface area contributed by atoms with E-state index in [-0.39, 0.29) is 5.91 Å². The van der Waals surface area contributed by atoms with Crippen molar-refractivity contribution in [2.24, 2.45) is 0 Å². The zero-order valence-corrected chi connectivity index (χ0v) is 10.9. The number of likely N-dealkylation sites (tertiary alicyclic amines) is 1. The van der Waals surface area contributed by atoms with Gasteiger partial charge in [0, 0.05) is 33.4 Å². The van der Waals surface area contributed by atoms with Crippen LogP contribution in [0.1, 0.15) is 26.2 Å². The van der Waals surface area contributed by atoms with Crippen molar-refractivity contribution in [2.75, 3.05) is 39.9 Å². The standard InChI is InChI=1S/C12H24N2O3/c1-12(16)4-7-14(8-5-12)10-11(15)13-6-3-9-17-2/h16H,3-10H2,1-2H3,(H,13,15). The summed E-state index contributed by atoms with van der Waals surface area (Å²) >= 11 is 0. The van der Waals surface area contributed by atoms with E-state index in [1.165, 1.54) is 0 Å². The summed E-state index contributed by atoms with van der Waals surface area (Å²) in [5, 5.41) is 12.6. The van der Waals surface area contributed by atoms with Crippen molar-refractivity contribution < 1.29 is 14.6 Å². The van der Waals surface area contributed by atoms with E-state index in [1.807, 2.05) is 6.92 Å². The summed E-state index contributed by atoms with van der Waals surface area (Å²) in [7, 11) is 1.65. The normalized spacial score (nSPS) is 20.2. The Hall–Kier alpha value is -0.650. The van der Waals surface area contributed by atoms with Crippen molar-refractivity contribution in [1.82, 2.24) is 10.2 Å². The molecule has 0 saturated carbocycles. The van der Waals surface area contributed by atoms with Crippen LogP contribution in [0.15, 0.2) is 0 Å². The molecule has 1 fully saturated rings. The van der Waals surface area contributed by atoms with E-state index in [9.17, 15) is 9.90 Å². The average molecular weight is 244 g/mol. The Labute approximate surface area is 103 Å². The summed E-state index contributed by atoms with van der Waals surface area (Å²) in [6.45, 7) is 5.21. The molecule has 5 heteroatoms. The van der Waals surface area contributed by atoms with Crippen molar-refractivity contribution in [3.63, 3.8) is 0 Å². The molecule has 0 aliphatic carbocycles. The van der Waals surface area contributed by atoms with Gasteiger partial charge in [-0.05, 0) is 26.2 Å². The van der Waals surface area contributed by atoms with Gasteiger partial charge in [0.25, 0.3) is 0 Å². The van der Waals surface area contributed by atoms with Crippen LogP contribution in [0, 0.1) is 0 Å². The molecule has 0 aromatic heterocycles. The lowest BCUT2D eigenvalue weighted by atomic mass is 9.94. The number of carbonyl (C=O) groups is 1. The molecule has 0 atom stereocenters. The Balaban J connectivity index is 2.11. The lowest BCUT2D eigenvalue weighted by Gasteiger charge is -2.35. The molecule has 2 N–H and O–H groups in total. The molecular weight excluding hydrogens is 220 g/mol. The van der Waals surface area contributed by atoms with E-state index in [0.29, 0.717) is 19.7 Å². The minimum absolute atomic E-state index is 0.0580. The van der Waals surface area contributed by atoms with Crippen molar-refractivity contribution in [1.29, 1.82) is 0 Å².